The fourth-order valence-electron chi connectivity index (χ4n) is 1.61. The number of carbonyl (C=O) groups is 2. The van der Waals surface area contributed by atoms with Gasteiger partial charge in [0, 0.05) is 33.1 Å². The van der Waals surface area contributed by atoms with E-state index in [1.54, 1.807) is 11.8 Å². The van der Waals surface area contributed by atoms with E-state index in [2.05, 4.69) is 10.2 Å². The minimum Gasteiger partial charge on any atom is -0.400 e. The standard InChI is InChI=1S/C9H12N4O3/c1-7(15)12-2-4-13(5-3-12)9-11-10-8(6-14)16-9/h6H,2-5H2,1H3. The Labute approximate surface area is 92.0 Å². The van der Waals surface area contributed by atoms with E-state index < -0.39 is 0 Å². The minimum atomic E-state index is -0.0241. The van der Waals surface area contributed by atoms with Gasteiger partial charge in [-0.05, 0) is 0 Å². The molecule has 86 valence electrons. The SMILES string of the molecule is CC(=O)N1CCN(c2nnc(C=O)o2)CC1. The fraction of sp³-hybridized carbons (Fsp3) is 0.556. The molecule has 7 nitrogen and oxygen atoms in total. The molecule has 0 spiro atoms. The summed E-state index contributed by atoms with van der Waals surface area (Å²) >= 11 is 0. The van der Waals surface area contributed by atoms with Gasteiger partial charge >= 0.3 is 6.01 Å². The maximum Gasteiger partial charge on any atom is 0.318 e. The lowest BCUT2D eigenvalue weighted by molar-refractivity contribution is -0.129. The van der Waals surface area contributed by atoms with Crippen molar-refractivity contribution in [1.29, 1.82) is 0 Å². The summed E-state index contributed by atoms with van der Waals surface area (Å²) in [7, 11) is 0. The van der Waals surface area contributed by atoms with E-state index in [1.165, 1.54) is 0 Å². The third-order valence-electron chi connectivity index (χ3n) is 2.53. The van der Waals surface area contributed by atoms with Crippen molar-refractivity contribution in [2.45, 2.75) is 6.92 Å². The fourth-order valence-corrected chi connectivity index (χ4v) is 1.61. The molecule has 0 saturated carbocycles. The Morgan fingerprint density at radius 2 is 2.00 bits per heavy atom. The number of hydrogen-bond acceptors (Lipinski definition) is 6. The van der Waals surface area contributed by atoms with Crippen LogP contribution in [0.15, 0.2) is 4.42 Å². The summed E-state index contributed by atoms with van der Waals surface area (Å²) in [5, 5.41) is 7.31. The molecule has 0 radical (unpaired) electrons. The van der Waals surface area contributed by atoms with E-state index in [4.69, 9.17) is 4.42 Å². The minimum absolute atomic E-state index is 0.0241. The lowest BCUT2D eigenvalue weighted by Crippen LogP contribution is -2.48. The summed E-state index contributed by atoms with van der Waals surface area (Å²) in [5.41, 5.74) is 0. The van der Waals surface area contributed by atoms with Gasteiger partial charge in [-0.2, -0.15) is 0 Å². The largest absolute Gasteiger partial charge is 0.400 e. The summed E-state index contributed by atoms with van der Waals surface area (Å²) in [6, 6.07) is 0.338. The van der Waals surface area contributed by atoms with Crippen LogP contribution >= 0.6 is 0 Å². The monoisotopic (exact) mass is 224 g/mol. The van der Waals surface area contributed by atoms with Crippen molar-refractivity contribution in [3.63, 3.8) is 0 Å². The number of rotatable bonds is 2. The highest BCUT2D eigenvalue weighted by Crippen LogP contribution is 2.13. The van der Waals surface area contributed by atoms with Gasteiger partial charge in [0.05, 0.1) is 0 Å². The zero-order valence-electron chi connectivity index (χ0n) is 8.92. The summed E-state index contributed by atoms with van der Waals surface area (Å²) in [5.74, 6) is 0.0442. The maximum absolute atomic E-state index is 11.1. The third kappa shape index (κ3) is 2.02. The lowest BCUT2D eigenvalue weighted by atomic mass is 10.3. The van der Waals surface area contributed by atoms with Crippen LogP contribution in [0.2, 0.25) is 0 Å². The lowest BCUT2D eigenvalue weighted by Gasteiger charge is -2.32. The number of aldehydes is 1. The molecule has 1 aromatic heterocycles. The molecule has 0 aromatic carbocycles. The molecule has 1 amide bonds. The molecule has 1 aliphatic heterocycles. The second-order valence-corrected chi connectivity index (χ2v) is 3.53. The van der Waals surface area contributed by atoms with Gasteiger partial charge in [-0.1, -0.05) is 5.10 Å². The van der Waals surface area contributed by atoms with Crippen molar-refractivity contribution >= 4 is 18.2 Å². The number of anilines is 1. The first-order valence-electron chi connectivity index (χ1n) is 5.00. The quantitative estimate of drug-likeness (QED) is 0.633. The highest BCUT2D eigenvalue weighted by atomic mass is 16.4. The van der Waals surface area contributed by atoms with Crippen LogP contribution < -0.4 is 4.90 Å². The number of amides is 1. The zero-order valence-corrected chi connectivity index (χ0v) is 8.92. The Bertz CT molecular complexity index is 395. The Balaban J connectivity index is 1.98. The van der Waals surface area contributed by atoms with Gasteiger partial charge in [0.25, 0.3) is 5.89 Å². The van der Waals surface area contributed by atoms with Crippen molar-refractivity contribution < 1.29 is 14.0 Å². The van der Waals surface area contributed by atoms with Crippen LogP contribution in [0.1, 0.15) is 17.6 Å². The van der Waals surface area contributed by atoms with Gasteiger partial charge < -0.3 is 14.2 Å². The van der Waals surface area contributed by atoms with E-state index in [0.29, 0.717) is 38.5 Å². The normalized spacial score (nSPS) is 16.3. The van der Waals surface area contributed by atoms with E-state index in [-0.39, 0.29) is 11.8 Å². The number of nitrogens with zero attached hydrogens (tertiary/aromatic N) is 4. The summed E-state index contributed by atoms with van der Waals surface area (Å²) in [6.07, 6.45) is 0.516. The Hall–Kier alpha value is -1.92. The van der Waals surface area contributed by atoms with Gasteiger partial charge in [0.1, 0.15) is 0 Å². The van der Waals surface area contributed by atoms with Crippen molar-refractivity contribution in [2.75, 3.05) is 31.1 Å². The molecule has 0 unspecified atom stereocenters. The highest BCUT2D eigenvalue weighted by molar-refractivity contribution is 5.73. The van der Waals surface area contributed by atoms with Gasteiger partial charge in [0.15, 0.2) is 0 Å². The molecule has 2 heterocycles. The maximum atomic E-state index is 11.1. The van der Waals surface area contributed by atoms with E-state index in [1.807, 2.05) is 4.90 Å². The third-order valence-corrected chi connectivity index (χ3v) is 2.53. The number of carbonyl (C=O) groups excluding carboxylic acids is 2. The van der Waals surface area contributed by atoms with Crippen LogP contribution in [-0.4, -0.2) is 53.5 Å². The van der Waals surface area contributed by atoms with Crippen LogP contribution in [0, 0.1) is 0 Å². The van der Waals surface area contributed by atoms with Gasteiger partial charge in [-0.25, -0.2) is 0 Å². The Morgan fingerprint density at radius 1 is 1.31 bits per heavy atom. The number of hydrogen-bond donors (Lipinski definition) is 0. The average molecular weight is 224 g/mol. The molecule has 1 saturated heterocycles. The Kier molecular flexibility index (Phi) is 2.84. The first-order valence-corrected chi connectivity index (χ1v) is 5.00. The van der Waals surface area contributed by atoms with Gasteiger partial charge in [0.2, 0.25) is 12.2 Å². The van der Waals surface area contributed by atoms with Crippen LogP contribution in [0.4, 0.5) is 6.01 Å². The molecule has 0 aliphatic carbocycles. The van der Waals surface area contributed by atoms with Gasteiger partial charge in [-0.15, -0.1) is 5.10 Å². The molecule has 0 bridgehead atoms. The number of piperazine rings is 1. The van der Waals surface area contributed by atoms with Gasteiger partial charge in [-0.3, -0.25) is 9.59 Å². The molecule has 16 heavy (non-hydrogen) atoms. The summed E-state index contributed by atoms with van der Waals surface area (Å²) < 4.78 is 5.10. The molecule has 2 rings (SSSR count). The van der Waals surface area contributed by atoms with Crippen LogP contribution in [0.5, 0.6) is 0 Å². The Morgan fingerprint density at radius 3 is 2.50 bits per heavy atom. The highest BCUT2D eigenvalue weighted by Gasteiger charge is 2.22. The van der Waals surface area contributed by atoms with E-state index >= 15 is 0 Å². The average Bonchev–Trinajstić information content (AvgIpc) is 2.77. The van der Waals surface area contributed by atoms with Crippen molar-refractivity contribution in [2.24, 2.45) is 0 Å². The summed E-state index contributed by atoms with van der Waals surface area (Å²) in [6.45, 7) is 4.09. The second kappa shape index (κ2) is 4.30. The molecule has 1 fully saturated rings. The molecule has 7 heteroatoms. The smallest absolute Gasteiger partial charge is 0.318 e. The zero-order chi connectivity index (χ0) is 11.5. The predicted octanol–water partition coefficient (Wildman–Crippen LogP) is -0.449. The van der Waals surface area contributed by atoms with Crippen molar-refractivity contribution in [1.82, 2.24) is 15.1 Å². The van der Waals surface area contributed by atoms with Crippen molar-refractivity contribution in [3.8, 4) is 0 Å². The van der Waals surface area contributed by atoms with Crippen LogP contribution in [-0.2, 0) is 4.79 Å². The first-order chi connectivity index (χ1) is 7.70. The molecule has 0 atom stereocenters. The molecular formula is C9H12N4O3. The van der Waals surface area contributed by atoms with E-state index in [0.717, 1.165) is 0 Å². The number of aromatic nitrogens is 2. The molecule has 1 aromatic rings. The molecule has 1 aliphatic rings. The second-order valence-electron chi connectivity index (χ2n) is 3.53. The van der Waals surface area contributed by atoms with E-state index in [9.17, 15) is 9.59 Å². The topological polar surface area (TPSA) is 79.5 Å². The van der Waals surface area contributed by atoms with Crippen molar-refractivity contribution in [3.05, 3.63) is 5.89 Å². The first kappa shape index (κ1) is 10.6. The molecule has 0 N–H and O–H groups in total. The summed E-state index contributed by atoms with van der Waals surface area (Å²) in [4.78, 5) is 25.1. The van der Waals surface area contributed by atoms with Crippen LogP contribution in [0.3, 0.4) is 0 Å². The predicted molar refractivity (Wildman–Crippen MR) is 54.2 cm³/mol. The van der Waals surface area contributed by atoms with Crippen LogP contribution in [0.25, 0.3) is 0 Å². The molecular weight excluding hydrogens is 212 g/mol.